The van der Waals surface area contributed by atoms with Crippen LogP contribution >= 0.6 is 0 Å². The van der Waals surface area contributed by atoms with E-state index in [1.807, 2.05) is 38.3 Å². The largest absolute Gasteiger partial charge is 0.493 e. The van der Waals surface area contributed by atoms with Gasteiger partial charge in [-0.1, -0.05) is 55.3 Å². The quantitative estimate of drug-likeness (QED) is 0.185. The van der Waals surface area contributed by atoms with Crippen LogP contribution in [-0.4, -0.2) is 39.9 Å². The molecule has 2 unspecified atom stereocenters. The Kier molecular flexibility index (Phi) is 8.35. The second-order valence-electron chi connectivity index (χ2n) is 13.8. The second-order valence-corrected chi connectivity index (χ2v) is 13.8. The van der Waals surface area contributed by atoms with Gasteiger partial charge < -0.3 is 14.2 Å². The highest BCUT2D eigenvalue weighted by Gasteiger charge is 2.34. The van der Waals surface area contributed by atoms with Crippen molar-refractivity contribution in [2.45, 2.75) is 83.8 Å². The summed E-state index contributed by atoms with van der Waals surface area (Å²) < 4.78 is 19.8. The van der Waals surface area contributed by atoms with Gasteiger partial charge in [0.25, 0.3) is 0 Å². The van der Waals surface area contributed by atoms with Crippen molar-refractivity contribution in [1.82, 2.24) is 14.6 Å². The Morgan fingerprint density at radius 1 is 0.936 bits per heavy atom. The van der Waals surface area contributed by atoms with E-state index < -0.39 is 17.7 Å². The standard InChI is InChI=1S/C40H43N3O4/c1-25-36(38(39(44)45-5)47-40(2,3)4)37-30-18-19-34-32(23-30)27(20-21-46-34)13-8-6-7-12-26-14-9-10-17-31(26)28-15-11-16-29(22-28)33-24-35(41-25)43(37)42-33/h9-11,14-19,22-24,27,38H,6-8,12-13,20-21H2,1-5H3. The highest BCUT2D eigenvalue weighted by Crippen LogP contribution is 2.43. The molecule has 47 heavy (non-hydrogen) atoms. The highest BCUT2D eigenvalue weighted by molar-refractivity contribution is 5.83. The van der Waals surface area contributed by atoms with Crippen LogP contribution in [0.1, 0.15) is 87.3 Å². The van der Waals surface area contributed by atoms with Crippen LogP contribution < -0.4 is 4.74 Å². The van der Waals surface area contributed by atoms with E-state index in [-0.39, 0.29) is 0 Å². The monoisotopic (exact) mass is 629 g/mol. The lowest BCUT2D eigenvalue weighted by Crippen LogP contribution is -2.30. The smallest absolute Gasteiger partial charge is 0.339 e. The molecule has 0 spiro atoms. The fourth-order valence-corrected chi connectivity index (χ4v) is 7.21. The van der Waals surface area contributed by atoms with Gasteiger partial charge in [0.15, 0.2) is 11.8 Å². The zero-order chi connectivity index (χ0) is 32.7. The normalized spacial score (nSPS) is 16.9. The maximum atomic E-state index is 13.5. The van der Waals surface area contributed by atoms with Gasteiger partial charge in [-0.05, 0) is 106 Å². The molecular formula is C40H43N3O4. The molecule has 2 aliphatic heterocycles. The lowest BCUT2D eigenvalue weighted by atomic mass is 9.86. The van der Waals surface area contributed by atoms with E-state index in [4.69, 9.17) is 24.3 Å². The summed E-state index contributed by atoms with van der Waals surface area (Å²) >= 11 is 0. The van der Waals surface area contributed by atoms with E-state index in [2.05, 4.69) is 66.7 Å². The number of rotatable bonds is 3. The minimum atomic E-state index is -1.000. The second kappa shape index (κ2) is 12.6. The fourth-order valence-electron chi connectivity index (χ4n) is 7.21. The van der Waals surface area contributed by atoms with Crippen LogP contribution in [0, 0.1) is 6.92 Å². The molecule has 5 aromatic rings. The SMILES string of the molecule is COC(=O)C(OC(C)(C)C)c1c(C)nc2cc3nn2c1-c1ccc2c(c1)C(CCCCCc1ccccc1-c1cccc-3c1)CCO2. The van der Waals surface area contributed by atoms with Crippen LogP contribution in [0.25, 0.3) is 39.3 Å². The maximum Gasteiger partial charge on any atom is 0.339 e. The first kappa shape index (κ1) is 31.1. The third kappa shape index (κ3) is 6.17. The number of hydrogen-bond acceptors (Lipinski definition) is 6. The maximum absolute atomic E-state index is 13.5. The first-order chi connectivity index (χ1) is 22.7. The number of ether oxygens (including phenoxy) is 3. The topological polar surface area (TPSA) is 75.0 Å². The van der Waals surface area contributed by atoms with E-state index in [0.717, 1.165) is 67.0 Å². The summed E-state index contributed by atoms with van der Waals surface area (Å²) in [5, 5.41) is 5.20. The summed E-state index contributed by atoms with van der Waals surface area (Å²) in [6, 6.07) is 25.8. The van der Waals surface area contributed by atoms with E-state index in [0.29, 0.717) is 22.8 Å². The lowest BCUT2D eigenvalue weighted by Gasteiger charge is -2.29. The summed E-state index contributed by atoms with van der Waals surface area (Å²) in [5.74, 6) is 0.852. The zero-order valence-corrected chi connectivity index (χ0v) is 28.0. The molecule has 7 nitrogen and oxygen atoms in total. The molecule has 7 rings (SSSR count). The molecule has 7 heteroatoms. The van der Waals surface area contributed by atoms with Gasteiger partial charge in [0.1, 0.15) is 5.75 Å². The van der Waals surface area contributed by atoms with Crippen molar-refractivity contribution in [2.24, 2.45) is 0 Å². The summed E-state index contributed by atoms with van der Waals surface area (Å²) in [6.07, 6.45) is 5.62. The Morgan fingerprint density at radius 3 is 2.60 bits per heavy atom. The van der Waals surface area contributed by atoms with Crippen molar-refractivity contribution in [3.05, 3.63) is 95.2 Å². The predicted octanol–water partition coefficient (Wildman–Crippen LogP) is 9.05. The van der Waals surface area contributed by atoms with Gasteiger partial charge in [0, 0.05) is 28.5 Å². The van der Waals surface area contributed by atoms with Crippen LogP contribution in [0.2, 0.25) is 0 Å². The molecule has 4 heterocycles. The molecule has 242 valence electrons. The summed E-state index contributed by atoms with van der Waals surface area (Å²) in [6.45, 7) is 8.48. The summed E-state index contributed by atoms with van der Waals surface area (Å²) in [7, 11) is 1.40. The van der Waals surface area contributed by atoms with Gasteiger partial charge in [0.2, 0.25) is 0 Å². The van der Waals surface area contributed by atoms with Crippen molar-refractivity contribution >= 4 is 11.6 Å². The first-order valence-corrected chi connectivity index (χ1v) is 16.8. The lowest BCUT2D eigenvalue weighted by molar-refractivity contribution is -0.164. The number of carbonyl (C=O) groups excluding carboxylic acids is 1. The fraction of sp³-hybridized carbons (Fsp3) is 0.375. The number of aromatic nitrogens is 3. The molecule has 2 aliphatic rings. The van der Waals surface area contributed by atoms with E-state index in [1.54, 1.807) is 0 Å². The Balaban J connectivity index is 1.50. The van der Waals surface area contributed by atoms with Crippen LogP contribution in [0.3, 0.4) is 0 Å². The summed E-state index contributed by atoms with van der Waals surface area (Å²) in [4.78, 5) is 18.5. The van der Waals surface area contributed by atoms with Crippen LogP contribution in [0.4, 0.5) is 0 Å². The number of aryl methyl sites for hydroxylation is 2. The number of fused-ring (bicyclic) bond motifs is 8. The number of esters is 1. The summed E-state index contributed by atoms with van der Waals surface area (Å²) in [5.41, 5.74) is 9.96. The minimum absolute atomic E-state index is 0.391. The van der Waals surface area contributed by atoms with Gasteiger partial charge in [-0.25, -0.2) is 14.3 Å². The Bertz CT molecular complexity index is 1950. The average molecular weight is 630 g/mol. The Hall–Kier alpha value is -4.49. The first-order valence-electron chi connectivity index (χ1n) is 16.8. The Morgan fingerprint density at radius 2 is 1.77 bits per heavy atom. The van der Waals surface area contributed by atoms with Crippen LogP contribution in [-0.2, 0) is 20.7 Å². The molecule has 0 amide bonds. The van der Waals surface area contributed by atoms with E-state index in [9.17, 15) is 4.79 Å². The third-order valence-corrected chi connectivity index (χ3v) is 9.41. The molecule has 0 N–H and O–H groups in total. The molecule has 0 saturated carbocycles. The van der Waals surface area contributed by atoms with Crippen molar-refractivity contribution in [3.63, 3.8) is 0 Å². The van der Waals surface area contributed by atoms with Crippen molar-refractivity contribution < 1.29 is 19.0 Å². The van der Waals surface area contributed by atoms with Gasteiger partial charge in [-0.2, -0.15) is 5.10 Å². The van der Waals surface area contributed by atoms with Gasteiger partial charge in [-0.15, -0.1) is 0 Å². The molecule has 0 fully saturated rings. The molecule has 2 aromatic heterocycles. The molecule has 6 bridgehead atoms. The number of benzene rings is 3. The van der Waals surface area contributed by atoms with Crippen LogP contribution in [0.5, 0.6) is 5.75 Å². The highest BCUT2D eigenvalue weighted by atomic mass is 16.6. The number of hydrogen-bond donors (Lipinski definition) is 0. The number of nitrogens with zero attached hydrogens (tertiary/aromatic N) is 3. The minimum Gasteiger partial charge on any atom is -0.493 e. The van der Waals surface area contributed by atoms with Crippen molar-refractivity contribution in [2.75, 3.05) is 13.7 Å². The number of methoxy groups -OCH3 is 1. The molecule has 0 radical (unpaired) electrons. The Labute approximate surface area is 276 Å². The average Bonchev–Trinajstić information content (AvgIpc) is 3.49. The van der Waals surface area contributed by atoms with E-state index in [1.165, 1.54) is 35.8 Å². The molecule has 3 aromatic carbocycles. The zero-order valence-electron chi connectivity index (χ0n) is 28.0. The molecular weight excluding hydrogens is 586 g/mol. The van der Waals surface area contributed by atoms with Gasteiger partial charge >= 0.3 is 5.97 Å². The van der Waals surface area contributed by atoms with Crippen molar-refractivity contribution in [3.8, 4) is 39.4 Å². The van der Waals surface area contributed by atoms with E-state index >= 15 is 0 Å². The predicted molar refractivity (Wildman–Crippen MR) is 185 cm³/mol. The molecule has 0 saturated heterocycles. The van der Waals surface area contributed by atoms with Gasteiger partial charge in [-0.3, -0.25) is 0 Å². The molecule has 2 atom stereocenters. The van der Waals surface area contributed by atoms with Crippen molar-refractivity contribution in [1.29, 1.82) is 0 Å². The molecule has 0 aliphatic carbocycles. The van der Waals surface area contributed by atoms with Gasteiger partial charge in [0.05, 0.1) is 30.7 Å². The number of carbonyl (C=O) groups is 1. The van der Waals surface area contributed by atoms with Crippen LogP contribution in [0.15, 0.2) is 72.8 Å². The third-order valence-electron chi connectivity index (χ3n) is 9.41.